The predicted molar refractivity (Wildman–Crippen MR) is 154 cm³/mol. The molecule has 37 heavy (non-hydrogen) atoms. The summed E-state index contributed by atoms with van der Waals surface area (Å²) in [5, 5.41) is 9.90. The number of nitrogens with one attached hydrogen (secondary N) is 3. The van der Waals surface area contributed by atoms with Gasteiger partial charge in [0.2, 0.25) is 11.8 Å². The highest BCUT2D eigenvalue weighted by molar-refractivity contribution is 7.80. The quantitative estimate of drug-likeness (QED) is 0.197. The van der Waals surface area contributed by atoms with Crippen LogP contribution in [0.15, 0.2) is 54.7 Å². The van der Waals surface area contributed by atoms with Crippen molar-refractivity contribution in [3.05, 3.63) is 71.4 Å². The Balaban J connectivity index is 1.18. The average Bonchev–Trinajstić information content (AvgIpc) is 2.90. The van der Waals surface area contributed by atoms with Gasteiger partial charge in [0.15, 0.2) is 5.11 Å². The highest BCUT2D eigenvalue weighted by atomic mass is 32.1. The second kappa shape index (κ2) is 16.7. The van der Waals surface area contributed by atoms with E-state index >= 15 is 0 Å². The van der Waals surface area contributed by atoms with Crippen molar-refractivity contribution in [2.75, 3.05) is 39.3 Å². The number of ether oxygens (including phenoxy) is 1. The van der Waals surface area contributed by atoms with Gasteiger partial charge in [-0.05, 0) is 81.2 Å². The number of hydrogen-bond donors (Lipinski definition) is 3. The normalized spacial score (nSPS) is 13.9. The van der Waals surface area contributed by atoms with Crippen LogP contribution in [0, 0.1) is 6.92 Å². The van der Waals surface area contributed by atoms with Gasteiger partial charge in [-0.1, -0.05) is 42.3 Å². The summed E-state index contributed by atoms with van der Waals surface area (Å²) < 4.78 is 5.75. The van der Waals surface area contributed by atoms with Crippen molar-refractivity contribution >= 4 is 23.2 Å². The van der Waals surface area contributed by atoms with Gasteiger partial charge in [-0.3, -0.25) is 9.69 Å². The molecule has 1 fully saturated rings. The van der Waals surface area contributed by atoms with E-state index in [-0.39, 0.29) is 5.91 Å². The maximum atomic E-state index is 12.0. The van der Waals surface area contributed by atoms with Crippen LogP contribution in [0.3, 0.4) is 0 Å². The Morgan fingerprint density at radius 1 is 1.03 bits per heavy atom. The van der Waals surface area contributed by atoms with Gasteiger partial charge < -0.3 is 20.7 Å². The maximum Gasteiger partial charge on any atom is 0.220 e. The molecule has 200 valence electrons. The molecule has 1 aliphatic rings. The Labute approximate surface area is 227 Å². The molecule has 0 saturated carbocycles. The summed E-state index contributed by atoms with van der Waals surface area (Å²) in [6.45, 7) is 7.73. The number of carbonyl (C=O) groups is 1. The van der Waals surface area contributed by atoms with Crippen LogP contribution in [0.5, 0.6) is 5.88 Å². The second-order valence-electron chi connectivity index (χ2n) is 9.45. The number of aryl methyl sites for hydroxylation is 1. The largest absolute Gasteiger partial charge is 0.473 e. The fourth-order valence-electron chi connectivity index (χ4n) is 4.14. The summed E-state index contributed by atoms with van der Waals surface area (Å²) in [7, 11) is 0. The Kier molecular flexibility index (Phi) is 12.9. The molecule has 7 nitrogen and oxygen atoms in total. The molecule has 2 aromatic rings. The lowest BCUT2D eigenvalue weighted by Crippen LogP contribution is -2.37. The first-order valence-corrected chi connectivity index (χ1v) is 13.8. The standard InChI is InChI=1S/C29H41N5O2S/c1-24-9-11-25(12-10-24)13-18-33-29(37)32-16-7-8-27(35)30-15-3-6-21-36-28-22-26(14-17-31-28)23-34-19-4-2-5-20-34/h3,6,9-12,14,17,22H,2,4-5,7-8,13,15-16,18-21,23H2,1H3,(H,30,35)(H2,32,33,37)/b6-3-. The number of amides is 1. The molecule has 0 bridgehead atoms. The molecule has 0 atom stereocenters. The van der Waals surface area contributed by atoms with Crippen molar-refractivity contribution in [1.82, 2.24) is 25.8 Å². The van der Waals surface area contributed by atoms with Gasteiger partial charge >= 0.3 is 0 Å². The van der Waals surface area contributed by atoms with Crippen molar-refractivity contribution in [2.24, 2.45) is 0 Å². The second-order valence-corrected chi connectivity index (χ2v) is 9.86. The van der Waals surface area contributed by atoms with E-state index in [1.165, 1.54) is 49.0 Å². The molecular formula is C29H41N5O2S. The lowest BCUT2D eigenvalue weighted by atomic mass is 10.1. The van der Waals surface area contributed by atoms with Crippen LogP contribution in [0.1, 0.15) is 48.8 Å². The zero-order valence-corrected chi connectivity index (χ0v) is 22.8. The Morgan fingerprint density at radius 3 is 2.62 bits per heavy atom. The summed E-state index contributed by atoms with van der Waals surface area (Å²) in [5.41, 5.74) is 3.78. The fraction of sp³-hybridized carbons (Fsp3) is 0.483. The van der Waals surface area contributed by atoms with Crippen LogP contribution >= 0.6 is 12.2 Å². The molecular weight excluding hydrogens is 482 g/mol. The number of benzene rings is 1. The first-order valence-electron chi connectivity index (χ1n) is 13.4. The number of nitrogens with zero attached hydrogens (tertiary/aromatic N) is 2. The molecule has 2 heterocycles. The number of aromatic nitrogens is 1. The fourth-order valence-corrected chi connectivity index (χ4v) is 4.34. The Bertz CT molecular complexity index is 990. The smallest absolute Gasteiger partial charge is 0.220 e. The molecule has 1 amide bonds. The van der Waals surface area contributed by atoms with E-state index in [9.17, 15) is 4.79 Å². The SMILES string of the molecule is Cc1ccc(CCNC(=S)NCCCC(=O)NC/C=C\COc2cc(CN3CCCCC3)ccn2)cc1. The number of pyridine rings is 1. The van der Waals surface area contributed by atoms with Gasteiger partial charge in [-0.2, -0.15) is 0 Å². The van der Waals surface area contributed by atoms with Gasteiger partial charge in [0.25, 0.3) is 0 Å². The van der Waals surface area contributed by atoms with E-state index in [1.54, 1.807) is 0 Å². The van der Waals surface area contributed by atoms with Crippen molar-refractivity contribution in [1.29, 1.82) is 0 Å². The lowest BCUT2D eigenvalue weighted by molar-refractivity contribution is -0.120. The zero-order valence-electron chi connectivity index (χ0n) is 22.0. The van der Waals surface area contributed by atoms with E-state index in [2.05, 4.69) is 63.1 Å². The Hall–Kier alpha value is -2.97. The summed E-state index contributed by atoms with van der Waals surface area (Å²) in [5.74, 6) is 0.663. The van der Waals surface area contributed by atoms with Crippen LogP contribution < -0.4 is 20.7 Å². The minimum atomic E-state index is 0.0256. The molecule has 0 unspecified atom stereocenters. The first-order chi connectivity index (χ1) is 18.1. The molecule has 1 aromatic carbocycles. The number of likely N-dealkylation sites (tertiary alicyclic amines) is 1. The Morgan fingerprint density at radius 2 is 1.81 bits per heavy atom. The third-order valence-electron chi connectivity index (χ3n) is 6.25. The summed E-state index contributed by atoms with van der Waals surface area (Å²) >= 11 is 5.31. The van der Waals surface area contributed by atoms with Crippen LogP contribution in [0.4, 0.5) is 0 Å². The summed E-state index contributed by atoms with van der Waals surface area (Å²) in [6.07, 6.45) is 11.6. The predicted octanol–water partition coefficient (Wildman–Crippen LogP) is 3.91. The molecule has 3 rings (SSSR count). The third-order valence-corrected chi connectivity index (χ3v) is 6.54. The monoisotopic (exact) mass is 523 g/mol. The first kappa shape index (κ1) is 28.6. The molecule has 0 radical (unpaired) electrons. The van der Waals surface area contributed by atoms with Crippen molar-refractivity contribution in [3.8, 4) is 5.88 Å². The van der Waals surface area contributed by atoms with Gasteiger partial charge in [0.05, 0.1) is 0 Å². The average molecular weight is 524 g/mol. The van der Waals surface area contributed by atoms with Crippen LogP contribution in [-0.4, -0.2) is 60.2 Å². The van der Waals surface area contributed by atoms with Crippen LogP contribution in [-0.2, 0) is 17.8 Å². The van der Waals surface area contributed by atoms with E-state index in [4.69, 9.17) is 17.0 Å². The number of piperidine rings is 1. The van der Waals surface area contributed by atoms with Crippen LogP contribution in [0.2, 0.25) is 0 Å². The number of rotatable bonds is 14. The van der Waals surface area contributed by atoms with E-state index in [1.807, 2.05) is 24.4 Å². The summed E-state index contributed by atoms with van der Waals surface area (Å²) in [6, 6.07) is 12.6. The van der Waals surface area contributed by atoms with Crippen molar-refractivity contribution < 1.29 is 9.53 Å². The minimum absolute atomic E-state index is 0.0256. The van der Waals surface area contributed by atoms with E-state index in [0.29, 0.717) is 37.1 Å². The third kappa shape index (κ3) is 12.2. The van der Waals surface area contributed by atoms with Gasteiger partial charge in [-0.15, -0.1) is 0 Å². The number of carbonyl (C=O) groups excluding carboxylic acids is 1. The van der Waals surface area contributed by atoms with Crippen LogP contribution in [0.25, 0.3) is 0 Å². The topological polar surface area (TPSA) is 78.5 Å². The zero-order chi connectivity index (χ0) is 26.1. The molecule has 1 aromatic heterocycles. The molecule has 0 aliphatic carbocycles. The van der Waals surface area contributed by atoms with Crippen molar-refractivity contribution in [3.63, 3.8) is 0 Å². The molecule has 1 saturated heterocycles. The van der Waals surface area contributed by atoms with E-state index in [0.717, 1.165) is 25.9 Å². The van der Waals surface area contributed by atoms with Gasteiger partial charge in [0, 0.05) is 44.9 Å². The lowest BCUT2D eigenvalue weighted by Gasteiger charge is -2.26. The highest BCUT2D eigenvalue weighted by Crippen LogP contribution is 2.15. The maximum absolute atomic E-state index is 12.0. The molecule has 0 spiro atoms. The summed E-state index contributed by atoms with van der Waals surface area (Å²) in [4.78, 5) is 18.8. The molecule has 8 heteroatoms. The number of hydrogen-bond acceptors (Lipinski definition) is 5. The molecule has 3 N–H and O–H groups in total. The molecule has 1 aliphatic heterocycles. The number of thiocarbonyl (C=S) groups is 1. The van der Waals surface area contributed by atoms with Gasteiger partial charge in [-0.25, -0.2) is 4.98 Å². The minimum Gasteiger partial charge on any atom is -0.473 e. The van der Waals surface area contributed by atoms with Gasteiger partial charge in [0.1, 0.15) is 6.61 Å². The van der Waals surface area contributed by atoms with Crippen molar-refractivity contribution in [2.45, 2.75) is 52.0 Å². The highest BCUT2D eigenvalue weighted by Gasteiger charge is 2.10. The van der Waals surface area contributed by atoms with E-state index < -0.39 is 0 Å².